The minimum atomic E-state index is -1.27. The summed E-state index contributed by atoms with van der Waals surface area (Å²) in [6.45, 7) is 1.32. The number of carbonyl (C=O) groups excluding carboxylic acids is 3. The van der Waals surface area contributed by atoms with Gasteiger partial charge < -0.3 is 16.2 Å². The van der Waals surface area contributed by atoms with Crippen LogP contribution in [0.5, 0.6) is 0 Å². The molecule has 0 heterocycles. The molecule has 3 amide bonds. The first-order valence-electron chi connectivity index (χ1n) is 7.65. The van der Waals surface area contributed by atoms with E-state index in [1.807, 2.05) is 5.32 Å². The Balaban J connectivity index is 2.46. The monoisotopic (exact) mass is 371 g/mol. The van der Waals surface area contributed by atoms with Crippen LogP contribution in [0.2, 0.25) is 0 Å². The van der Waals surface area contributed by atoms with Gasteiger partial charge >= 0.3 is 5.97 Å². The quantitative estimate of drug-likeness (QED) is 0.501. The zero-order valence-electron chi connectivity index (χ0n) is 13.9. The van der Waals surface area contributed by atoms with Gasteiger partial charge in [0, 0.05) is 12.5 Å². The van der Waals surface area contributed by atoms with E-state index in [1.165, 1.54) is 6.92 Å². The lowest BCUT2D eigenvalue weighted by molar-refractivity contribution is -0.138. The topological polar surface area (TPSA) is 139 Å². The summed E-state index contributed by atoms with van der Waals surface area (Å²) in [6, 6.07) is 0.336. The Kier molecular flexibility index (Phi) is 7.78. The van der Waals surface area contributed by atoms with Crippen molar-refractivity contribution < 1.29 is 33.1 Å². The van der Waals surface area contributed by atoms with Gasteiger partial charge in [-0.3, -0.25) is 24.5 Å². The maximum atomic E-state index is 13.1. The van der Waals surface area contributed by atoms with Crippen molar-refractivity contribution in [2.75, 3.05) is 0 Å². The normalized spacial score (nSPS) is 12.8. The third-order valence-electron chi connectivity index (χ3n) is 3.32. The van der Waals surface area contributed by atoms with Crippen LogP contribution in [0.3, 0.4) is 0 Å². The van der Waals surface area contributed by atoms with E-state index in [0.29, 0.717) is 6.07 Å². The number of nitrogens with one attached hydrogen (secondary N) is 2. The van der Waals surface area contributed by atoms with Crippen LogP contribution in [-0.4, -0.2) is 40.9 Å². The zero-order valence-corrected chi connectivity index (χ0v) is 13.9. The molecule has 0 aliphatic heterocycles. The fraction of sp³-hybridized carbons (Fsp3) is 0.375. The van der Waals surface area contributed by atoms with Crippen LogP contribution in [0, 0.1) is 11.6 Å². The Morgan fingerprint density at radius 3 is 2.23 bits per heavy atom. The molecule has 0 fully saturated rings. The lowest BCUT2D eigenvalue weighted by Crippen LogP contribution is -2.47. The highest BCUT2D eigenvalue weighted by molar-refractivity contribution is 5.99. The second-order valence-electron chi connectivity index (χ2n) is 5.64. The van der Waals surface area contributed by atoms with Gasteiger partial charge in [0.1, 0.15) is 23.7 Å². The Morgan fingerprint density at radius 2 is 1.69 bits per heavy atom. The van der Waals surface area contributed by atoms with Crippen LogP contribution in [0.4, 0.5) is 8.78 Å². The van der Waals surface area contributed by atoms with Gasteiger partial charge in [-0.05, 0) is 31.0 Å². The van der Waals surface area contributed by atoms with E-state index in [0.717, 1.165) is 12.1 Å². The number of carboxylic acids is 1. The molecule has 1 aromatic rings. The van der Waals surface area contributed by atoms with Crippen LogP contribution in [-0.2, 0) is 25.6 Å². The largest absolute Gasteiger partial charge is 0.480 e. The maximum absolute atomic E-state index is 13.1. The zero-order chi connectivity index (χ0) is 19.9. The first kappa shape index (κ1) is 21.2. The van der Waals surface area contributed by atoms with Crippen molar-refractivity contribution in [2.24, 2.45) is 5.73 Å². The number of hydrogen-bond donors (Lipinski definition) is 4. The van der Waals surface area contributed by atoms with Crippen LogP contribution in [0.1, 0.15) is 25.3 Å². The summed E-state index contributed by atoms with van der Waals surface area (Å²) >= 11 is 0. The molecule has 0 spiro atoms. The molecular weight excluding hydrogens is 352 g/mol. The predicted octanol–water partition coefficient (Wildman–Crippen LogP) is -0.153. The molecule has 1 rings (SSSR count). The molecule has 142 valence electrons. The van der Waals surface area contributed by atoms with Crippen molar-refractivity contribution in [3.8, 4) is 0 Å². The van der Waals surface area contributed by atoms with Gasteiger partial charge in [0.05, 0.1) is 6.42 Å². The van der Waals surface area contributed by atoms with Gasteiger partial charge in [-0.2, -0.15) is 0 Å². The molecule has 2 atom stereocenters. The number of aliphatic carboxylic acids is 1. The van der Waals surface area contributed by atoms with Crippen molar-refractivity contribution in [1.29, 1.82) is 0 Å². The van der Waals surface area contributed by atoms with Crippen LogP contribution in [0.15, 0.2) is 18.2 Å². The third kappa shape index (κ3) is 7.34. The molecule has 1 aromatic carbocycles. The second kappa shape index (κ2) is 9.56. The standard InChI is InChI=1S/C16H19F2N3O5/c1-8(15(24)21-13(22)3-2-12(19)16(25)26)20-14(23)6-9-4-10(17)7-11(18)5-9/h4-5,7-8,12H,2-3,6,19H2,1H3,(H,20,23)(H,25,26)(H,21,22,24)/t8-,12-/m0/s1. The minimum Gasteiger partial charge on any atom is -0.480 e. The van der Waals surface area contributed by atoms with E-state index in [2.05, 4.69) is 5.32 Å². The summed E-state index contributed by atoms with van der Waals surface area (Å²) in [5, 5.41) is 12.9. The number of rotatable bonds is 8. The molecule has 26 heavy (non-hydrogen) atoms. The molecule has 0 aromatic heterocycles. The molecule has 0 saturated heterocycles. The fourth-order valence-electron chi connectivity index (χ4n) is 1.97. The van der Waals surface area contributed by atoms with Crippen molar-refractivity contribution in [3.63, 3.8) is 0 Å². The number of carboxylic acid groups (broad SMARTS) is 1. The van der Waals surface area contributed by atoms with Crippen LogP contribution >= 0.6 is 0 Å². The number of hydrogen-bond acceptors (Lipinski definition) is 5. The van der Waals surface area contributed by atoms with Gasteiger partial charge in [0.15, 0.2) is 0 Å². The molecule has 0 aliphatic rings. The van der Waals surface area contributed by atoms with E-state index < -0.39 is 47.4 Å². The summed E-state index contributed by atoms with van der Waals surface area (Å²) < 4.78 is 26.1. The highest BCUT2D eigenvalue weighted by Gasteiger charge is 2.20. The molecule has 5 N–H and O–H groups in total. The molecule has 0 radical (unpaired) electrons. The molecule has 10 heteroatoms. The number of imide groups is 1. The van der Waals surface area contributed by atoms with E-state index in [-0.39, 0.29) is 24.8 Å². The lowest BCUT2D eigenvalue weighted by atomic mass is 10.1. The summed E-state index contributed by atoms with van der Waals surface area (Å²) in [5.74, 6) is -5.14. The van der Waals surface area contributed by atoms with Crippen LogP contribution < -0.4 is 16.4 Å². The molecule has 0 aliphatic carbocycles. The average molecular weight is 371 g/mol. The highest BCUT2D eigenvalue weighted by atomic mass is 19.1. The maximum Gasteiger partial charge on any atom is 0.320 e. The van der Waals surface area contributed by atoms with Gasteiger partial charge in [-0.1, -0.05) is 0 Å². The first-order valence-corrected chi connectivity index (χ1v) is 7.65. The van der Waals surface area contributed by atoms with Crippen molar-refractivity contribution >= 4 is 23.7 Å². The molecule has 0 bridgehead atoms. The number of carbonyl (C=O) groups is 4. The number of amides is 3. The predicted molar refractivity (Wildman–Crippen MR) is 85.7 cm³/mol. The van der Waals surface area contributed by atoms with Crippen molar-refractivity contribution in [2.45, 2.75) is 38.3 Å². The number of nitrogens with two attached hydrogens (primary N) is 1. The summed E-state index contributed by atoms with van der Waals surface area (Å²) in [5.41, 5.74) is 5.33. The van der Waals surface area contributed by atoms with Crippen molar-refractivity contribution in [1.82, 2.24) is 10.6 Å². The molecular formula is C16H19F2N3O5. The summed E-state index contributed by atoms with van der Waals surface area (Å²) in [7, 11) is 0. The minimum absolute atomic E-state index is 0.0892. The van der Waals surface area contributed by atoms with Crippen molar-refractivity contribution in [3.05, 3.63) is 35.4 Å². The van der Waals surface area contributed by atoms with E-state index >= 15 is 0 Å². The highest BCUT2D eigenvalue weighted by Crippen LogP contribution is 2.08. The Morgan fingerprint density at radius 1 is 1.12 bits per heavy atom. The Hall–Kier alpha value is -2.88. The number of halogens is 2. The smallest absolute Gasteiger partial charge is 0.320 e. The Labute approximate surface area is 147 Å². The fourth-order valence-corrected chi connectivity index (χ4v) is 1.97. The van der Waals surface area contributed by atoms with Gasteiger partial charge in [-0.25, -0.2) is 8.78 Å². The average Bonchev–Trinajstić information content (AvgIpc) is 2.50. The molecule has 0 unspecified atom stereocenters. The summed E-state index contributed by atoms with van der Waals surface area (Å²) in [4.78, 5) is 45.7. The van der Waals surface area contributed by atoms with Gasteiger partial charge in [0.2, 0.25) is 17.7 Å². The number of benzene rings is 1. The van der Waals surface area contributed by atoms with E-state index in [4.69, 9.17) is 10.8 Å². The van der Waals surface area contributed by atoms with Gasteiger partial charge in [0.25, 0.3) is 0 Å². The van der Waals surface area contributed by atoms with Crippen LogP contribution in [0.25, 0.3) is 0 Å². The molecule has 8 nitrogen and oxygen atoms in total. The SMILES string of the molecule is C[C@H](NC(=O)Cc1cc(F)cc(F)c1)C(=O)NC(=O)CC[C@H](N)C(=O)O. The molecule has 0 saturated carbocycles. The van der Waals surface area contributed by atoms with E-state index in [9.17, 15) is 28.0 Å². The third-order valence-corrected chi connectivity index (χ3v) is 3.32. The Bertz CT molecular complexity index is 691. The summed E-state index contributed by atoms with van der Waals surface area (Å²) in [6.07, 6.45) is -0.781. The lowest BCUT2D eigenvalue weighted by Gasteiger charge is -2.14. The van der Waals surface area contributed by atoms with Gasteiger partial charge in [-0.15, -0.1) is 0 Å². The second-order valence-corrected chi connectivity index (χ2v) is 5.64. The van der Waals surface area contributed by atoms with E-state index in [1.54, 1.807) is 0 Å². The first-order chi connectivity index (χ1) is 12.1.